The van der Waals surface area contributed by atoms with Crippen molar-refractivity contribution in [2.24, 2.45) is 0 Å². The number of terminal acetylenes is 1. The Labute approximate surface area is 63.3 Å². The van der Waals surface area contributed by atoms with E-state index in [1.54, 1.807) is 6.07 Å². The average Bonchev–Trinajstić information content (AvgIpc) is 2.04. The van der Waals surface area contributed by atoms with E-state index in [4.69, 9.17) is 11.7 Å². The number of rotatable bonds is 0. The van der Waals surface area contributed by atoms with Crippen LogP contribution in [0.4, 0.5) is 4.39 Å². The van der Waals surface area contributed by atoms with Gasteiger partial charge in [0.05, 0.1) is 11.8 Å². The molecule has 0 aliphatic rings. The Hall–Kier alpha value is -1.87. The summed E-state index contributed by atoms with van der Waals surface area (Å²) >= 11 is 0. The molecule has 0 aliphatic carbocycles. The van der Waals surface area contributed by atoms with E-state index in [1.807, 2.05) is 0 Å². The highest BCUT2D eigenvalue weighted by Gasteiger charge is 2.00. The number of nitriles is 1. The maximum atomic E-state index is 12.4. The van der Waals surface area contributed by atoms with E-state index in [1.165, 1.54) is 0 Å². The average molecular weight is 146 g/mol. The molecule has 0 N–H and O–H groups in total. The minimum Gasteiger partial charge on any atom is -0.241 e. The summed E-state index contributed by atoms with van der Waals surface area (Å²) in [5.41, 5.74) is 0.265. The summed E-state index contributed by atoms with van der Waals surface area (Å²) in [6, 6.07) is 2.86. The first-order valence-electron chi connectivity index (χ1n) is 2.80. The van der Waals surface area contributed by atoms with Gasteiger partial charge in [-0.05, 0) is 6.07 Å². The van der Waals surface area contributed by atoms with Gasteiger partial charge in [-0.25, -0.2) is 9.37 Å². The summed E-state index contributed by atoms with van der Waals surface area (Å²) in [5.74, 6) is 1.63. The Morgan fingerprint density at radius 2 is 2.36 bits per heavy atom. The van der Waals surface area contributed by atoms with Gasteiger partial charge in [-0.1, -0.05) is 5.92 Å². The van der Waals surface area contributed by atoms with Crippen LogP contribution < -0.4 is 0 Å². The van der Waals surface area contributed by atoms with Crippen LogP contribution in [-0.2, 0) is 0 Å². The molecule has 0 spiro atoms. The zero-order chi connectivity index (χ0) is 8.27. The van der Waals surface area contributed by atoms with Gasteiger partial charge in [0.25, 0.3) is 0 Å². The van der Waals surface area contributed by atoms with Gasteiger partial charge in [0, 0.05) is 0 Å². The number of hydrogen-bond acceptors (Lipinski definition) is 2. The molecule has 3 heteroatoms. The molecule has 0 saturated carbocycles. The van der Waals surface area contributed by atoms with E-state index in [9.17, 15) is 4.39 Å². The van der Waals surface area contributed by atoms with Crippen molar-refractivity contribution in [3.63, 3.8) is 0 Å². The first-order valence-corrected chi connectivity index (χ1v) is 2.80. The standard InChI is InChI=1S/C8H3FN2/c1-2-6-3-7(9)5-11-8(6)4-10/h1,3,5H. The number of hydrogen-bond donors (Lipinski definition) is 0. The van der Waals surface area contributed by atoms with E-state index < -0.39 is 5.82 Å². The highest BCUT2D eigenvalue weighted by atomic mass is 19.1. The van der Waals surface area contributed by atoms with Gasteiger partial charge in [0.2, 0.25) is 0 Å². The van der Waals surface area contributed by atoms with Gasteiger partial charge in [-0.3, -0.25) is 0 Å². The molecule has 0 radical (unpaired) electrons. The third-order valence-corrected chi connectivity index (χ3v) is 1.12. The van der Waals surface area contributed by atoms with Crippen molar-refractivity contribution in [1.29, 1.82) is 5.26 Å². The molecule has 1 rings (SSSR count). The summed E-state index contributed by atoms with van der Waals surface area (Å²) in [7, 11) is 0. The quantitative estimate of drug-likeness (QED) is 0.513. The minimum absolute atomic E-state index is 0.0777. The largest absolute Gasteiger partial charge is 0.241 e. The van der Waals surface area contributed by atoms with Crippen LogP contribution in [0.1, 0.15) is 11.3 Å². The molecule has 0 fully saturated rings. The van der Waals surface area contributed by atoms with Crippen LogP contribution in [0.2, 0.25) is 0 Å². The minimum atomic E-state index is -0.531. The van der Waals surface area contributed by atoms with Crippen molar-refractivity contribution in [3.8, 4) is 18.4 Å². The second kappa shape index (κ2) is 2.81. The molecule has 0 saturated heterocycles. The molecule has 0 bridgehead atoms. The van der Waals surface area contributed by atoms with E-state index >= 15 is 0 Å². The van der Waals surface area contributed by atoms with Crippen LogP contribution >= 0.6 is 0 Å². The van der Waals surface area contributed by atoms with Crippen molar-refractivity contribution in [2.45, 2.75) is 0 Å². The monoisotopic (exact) mass is 146 g/mol. The highest BCUT2D eigenvalue weighted by molar-refractivity contribution is 5.42. The Balaban J connectivity index is 3.34. The van der Waals surface area contributed by atoms with E-state index in [0.29, 0.717) is 0 Å². The molecule has 1 heterocycles. The van der Waals surface area contributed by atoms with Crippen LogP contribution in [0.15, 0.2) is 12.3 Å². The van der Waals surface area contributed by atoms with Gasteiger partial charge in [-0.15, -0.1) is 6.42 Å². The van der Waals surface area contributed by atoms with E-state index in [2.05, 4.69) is 10.9 Å². The summed E-state index contributed by atoms with van der Waals surface area (Å²) in [6.07, 6.45) is 5.95. The lowest BCUT2D eigenvalue weighted by Crippen LogP contribution is -1.89. The second-order valence-corrected chi connectivity index (χ2v) is 1.81. The zero-order valence-electron chi connectivity index (χ0n) is 5.50. The third kappa shape index (κ3) is 1.33. The van der Waals surface area contributed by atoms with Gasteiger partial charge >= 0.3 is 0 Å². The molecule has 1 aromatic rings. The third-order valence-electron chi connectivity index (χ3n) is 1.12. The van der Waals surface area contributed by atoms with E-state index in [0.717, 1.165) is 12.3 Å². The topological polar surface area (TPSA) is 36.7 Å². The molecule has 0 aliphatic heterocycles. The maximum Gasteiger partial charge on any atom is 0.156 e. The fraction of sp³-hybridized carbons (Fsp3) is 0. The van der Waals surface area contributed by atoms with Crippen molar-refractivity contribution < 1.29 is 4.39 Å². The lowest BCUT2D eigenvalue weighted by atomic mass is 10.2. The Bertz CT molecular complexity index is 357. The number of halogens is 1. The molecule has 1 aromatic heterocycles. The molecular formula is C8H3FN2. The van der Waals surface area contributed by atoms with Crippen molar-refractivity contribution in [1.82, 2.24) is 4.98 Å². The number of pyridine rings is 1. The fourth-order valence-electron chi connectivity index (χ4n) is 0.638. The SMILES string of the molecule is C#Cc1cc(F)cnc1C#N. The Morgan fingerprint density at radius 3 is 2.91 bits per heavy atom. The van der Waals surface area contributed by atoms with Gasteiger partial charge < -0.3 is 0 Å². The first kappa shape index (κ1) is 7.24. The van der Waals surface area contributed by atoms with Crippen molar-refractivity contribution in [3.05, 3.63) is 29.3 Å². The van der Waals surface area contributed by atoms with Crippen LogP contribution in [-0.4, -0.2) is 4.98 Å². The molecule has 2 nitrogen and oxygen atoms in total. The van der Waals surface area contributed by atoms with Crippen molar-refractivity contribution in [2.75, 3.05) is 0 Å². The lowest BCUT2D eigenvalue weighted by molar-refractivity contribution is 0.620. The summed E-state index contributed by atoms with van der Waals surface area (Å²) < 4.78 is 12.4. The van der Waals surface area contributed by atoms with Gasteiger partial charge in [0.1, 0.15) is 11.9 Å². The maximum absolute atomic E-state index is 12.4. The Kier molecular flexibility index (Phi) is 1.85. The first-order chi connectivity index (χ1) is 5.27. The summed E-state index contributed by atoms with van der Waals surface area (Å²) in [5, 5.41) is 8.41. The number of nitrogens with zero attached hydrogens (tertiary/aromatic N) is 2. The Morgan fingerprint density at radius 1 is 1.64 bits per heavy atom. The molecule has 11 heavy (non-hydrogen) atoms. The fourth-order valence-corrected chi connectivity index (χ4v) is 0.638. The second-order valence-electron chi connectivity index (χ2n) is 1.81. The summed E-state index contributed by atoms with van der Waals surface area (Å²) in [4.78, 5) is 3.49. The molecule has 0 amide bonds. The van der Waals surface area contributed by atoms with Crippen LogP contribution in [0.3, 0.4) is 0 Å². The highest BCUT2D eigenvalue weighted by Crippen LogP contribution is 2.04. The molecule has 52 valence electrons. The number of aromatic nitrogens is 1. The molecule has 0 atom stereocenters. The molecule has 0 unspecified atom stereocenters. The van der Waals surface area contributed by atoms with E-state index in [-0.39, 0.29) is 11.3 Å². The summed E-state index contributed by atoms with van der Waals surface area (Å²) in [6.45, 7) is 0. The lowest BCUT2D eigenvalue weighted by Gasteiger charge is -1.92. The predicted octanol–water partition coefficient (Wildman–Crippen LogP) is 1.07. The van der Waals surface area contributed by atoms with Crippen LogP contribution in [0, 0.1) is 29.5 Å². The van der Waals surface area contributed by atoms with Crippen LogP contribution in [0.5, 0.6) is 0 Å². The smallest absolute Gasteiger partial charge is 0.156 e. The normalized spacial score (nSPS) is 8.27. The van der Waals surface area contributed by atoms with Crippen LogP contribution in [0.25, 0.3) is 0 Å². The zero-order valence-corrected chi connectivity index (χ0v) is 5.50. The van der Waals surface area contributed by atoms with Crippen molar-refractivity contribution >= 4 is 0 Å². The molecular weight excluding hydrogens is 143 g/mol. The molecule has 0 aromatic carbocycles. The van der Waals surface area contributed by atoms with Gasteiger partial charge in [0.15, 0.2) is 5.69 Å². The van der Waals surface area contributed by atoms with Gasteiger partial charge in [-0.2, -0.15) is 5.26 Å². The predicted molar refractivity (Wildman–Crippen MR) is 36.8 cm³/mol.